The summed E-state index contributed by atoms with van der Waals surface area (Å²) in [6, 6.07) is 10.7. The molecule has 1 aliphatic carbocycles. The topological polar surface area (TPSA) is 105 Å². The highest BCUT2D eigenvalue weighted by molar-refractivity contribution is 5.66. The van der Waals surface area contributed by atoms with Crippen molar-refractivity contribution in [2.45, 2.75) is 38.6 Å². The quantitative estimate of drug-likeness (QED) is 0.433. The van der Waals surface area contributed by atoms with E-state index in [-0.39, 0.29) is 5.41 Å². The number of pyridine rings is 1. The van der Waals surface area contributed by atoms with E-state index in [4.69, 9.17) is 20.0 Å². The maximum atomic E-state index is 5.87. The van der Waals surface area contributed by atoms with Crippen molar-refractivity contribution in [3.63, 3.8) is 0 Å². The summed E-state index contributed by atoms with van der Waals surface area (Å²) in [6.45, 7) is 5.45. The Kier molecular flexibility index (Phi) is 5.46. The number of hydrogen-bond donors (Lipinski definition) is 1. The standard InChI is InChI=1S/C25H28N6O2/c1-16-12-18(13-27-22(16)26)17-4-6-20(7-5-17)25(2,21-8-9-21)24-29-23(33-30-24)19-14-28-31(15-19)10-11-32-3/h4-7,12-15,21H,8-11H2,1-3H3,(H2,26,27)/t25-/m0/s1. The minimum Gasteiger partial charge on any atom is -0.383 e. The molecule has 3 aromatic heterocycles. The third kappa shape index (κ3) is 4.02. The van der Waals surface area contributed by atoms with E-state index in [0.717, 1.165) is 35.1 Å². The van der Waals surface area contributed by atoms with Gasteiger partial charge in [-0.05, 0) is 55.4 Å². The molecule has 0 radical (unpaired) electrons. The van der Waals surface area contributed by atoms with Crippen molar-refractivity contribution in [3.8, 4) is 22.6 Å². The maximum Gasteiger partial charge on any atom is 0.261 e. The molecular formula is C25H28N6O2. The van der Waals surface area contributed by atoms with Crippen LogP contribution in [0.25, 0.3) is 22.6 Å². The average Bonchev–Trinajstić information content (AvgIpc) is 3.38. The molecule has 1 aromatic carbocycles. The first kappa shape index (κ1) is 21.3. The monoisotopic (exact) mass is 444 g/mol. The van der Waals surface area contributed by atoms with E-state index < -0.39 is 0 Å². The fraction of sp³-hybridized carbons (Fsp3) is 0.360. The predicted molar refractivity (Wildman–Crippen MR) is 125 cm³/mol. The third-order valence-electron chi connectivity index (χ3n) is 6.63. The fourth-order valence-corrected chi connectivity index (χ4v) is 4.29. The number of nitrogens with two attached hydrogens (primary N) is 1. The highest BCUT2D eigenvalue weighted by Crippen LogP contribution is 2.50. The van der Waals surface area contributed by atoms with Gasteiger partial charge in [-0.2, -0.15) is 10.1 Å². The number of nitrogen functional groups attached to an aromatic ring is 1. The number of aryl methyl sites for hydroxylation is 1. The summed E-state index contributed by atoms with van der Waals surface area (Å²) in [5, 5.41) is 8.76. The number of anilines is 1. The number of nitrogens with zero attached hydrogens (tertiary/aromatic N) is 5. The van der Waals surface area contributed by atoms with Gasteiger partial charge in [0.2, 0.25) is 0 Å². The molecule has 8 heteroatoms. The molecule has 0 saturated heterocycles. The smallest absolute Gasteiger partial charge is 0.261 e. The van der Waals surface area contributed by atoms with Crippen LogP contribution in [0.15, 0.2) is 53.4 Å². The molecule has 0 amide bonds. The first-order valence-corrected chi connectivity index (χ1v) is 11.2. The van der Waals surface area contributed by atoms with Crippen molar-refractivity contribution < 1.29 is 9.26 Å². The van der Waals surface area contributed by atoms with E-state index in [1.54, 1.807) is 13.3 Å². The van der Waals surface area contributed by atoms with Crippen LogP contribution < -0.4 is 5.73 Å². The summed E-state index contributed by atoms with van der Waals surface area (Å²) in [4.78, 5) is 9.09. The number of rotatable bonds is 8. The number of aromatic nitrogens is 5. The lowest BCUT2D eigenvalue weighted by Crippen LogP contribution is -2.28. The molecule has 1 saturated carbocycles. The van der Waals surface area contributed by atoms with Gasteiger partial charge in [-0.3, -0.25) is 4.68 Å². The number of ether oxygens (including phenoxy) is 1. The van der Waals surface area contributed by atoms with Crippen LogP contribution in [-0.4, -0.2) is 38.6 Å². The first-order valence-electron chi connectivity index (χ1n) is 11.2. The zero-order valence-corrected chi connectivity index (χ0v) is 19.2. The number of hydrogen-bond acceptors (Lipinski definition) is 7. The summed E-state index contributed by atoms with van der Waals surface area (Å²) in [7, 11) is 1.67. The van der Waals surface area contributed by atoms with E-state index in [0.29, 0.717) is 36.6 Å². The Morgan fingerprint density at radius 3 is 2.64 bits per heavy atom. The fourth-order valence-electron chi connectivity index (χ4n) is 4.29. The van der Waals surface area contributed by atoms with Crippen molar-refractivity contribution in [2.75, 3.05) is 19.5 Å². The van der Waals surface area contributed by atoms with Crippen molar-refractivity contribution in [2.24, 2.45) is 5.92 Å². The van der Waals surface area contributed by atoms with Gasteiger partial charge in [-0.1, -0.05) is 29.4 Å². The molecule has 33 heavy (non-hydrogen) atoms. The molecule has 8 nitrogen and oxygen atoms in total. The largest absolute Gasteiger partial charge is 0.383 e. The van der Waals surface area contributed by atoms with Gasteiger partial charge < -0.3 is 15.0 Å². The first-order chi connectivity index (χ1) is 16.0. The molecule has 0 bridgehead atoms. The SMILES string of the molecule is COCCn1cc(-c2nc([C@@](C)(c3ccc(-c4cnc(N)c(C)c4)cc3)C3CC3)no2)cn1. The Balaban J connectivity index is 1.43. The Morgan fingerprint density at radius 1 is 1.15 bits per heavy atom. The van der Waals surface area contributed by atoms with Gasteiger partial charge in [0.25, 0.3) is 5.89 Å². The second-order valence-electron chi connectivity index (χ2n) is 8.89. The van der Waals surface area contributed by atoms with Crippen molar-refractivity contribution >= 4 is 5.82 Å². The average molecular weight is 445 g/mol. The zero-order chi connectivity index (χ0) is 23.0. The normalized spacial score (nSPS) is 15.5. The second kappa shape index (κ2) is 8.44. The third-order valence-corrected chi connectivity index (χ3v) is 6.63. The molecule has 0 unspecified atom stereocenters. The molecule has 1 aliphatic rings. The van der Waals surface area contributed by atoms with Crippen LogP contribution in [0.3, 0.4) is 0 Å². The van der Waals surface area contributed by atoms with Crippen LogP contribution in [0.5, 0.6) is 0 Å². The van der Waals surface area contributed by atoms with Crippen LogP contribution in [0.2, 0.25) is 0 Å². The van der Waals surface area contributed by atoms with Crippen LogP contribution >= 0.6 is 0 Å². The summed E-state index contributed by atoms with van der Waals surface area (Å²) >= 11 is 0. The highest BCUT2D eigenvalue weighted by atomic mass is 16.5. The summed E-state index contributed by atoms with van der Waals surface area (Å²) in [5.41, 5.74) is 10.7. The number of benzene rings is 1. The molecule has 4 aromatic rings. The summed E-state index contributed by atoms with van der Waals surface area (Å²) in [6.07, 6.45) is 7.77. The maximum absolute atomic E-state index is 5.87. The van der Waals surface area contributed by atoms with Crippen LogP contribution in [0.4, 0.5) is 5.82 Å². The van der Waals surface area contributed by atoms with E-state index in [9.17, 15) is 0 Å². The molecule has 1 atom stereocenters. The minimum atomic E-state index is -0.318. The van der Waals surface area contributed by atoms with Crippen LogP contribution in [0, 0.1) is 12.8 Å². The van der Waals surface area contributed by atoms with Gasteiger partial charge in [0.1, 0.15) is 5.82 Å². The lowest BCUT2D eigenvalue weighted by atomic mass is 9.76. The molecule has 0 spiro atoms. The van der Waals surface area contributed by atoms with Gasteiger partial charge in [0.15, 0.2) is 5.82 Å². The summed E-state index contributed by atoms with van der Waals surface area (Å²) < 4.78 is 12.6. The van der Waals surface area contributed by atoms with E-state index >= 15 is 0 Å². The lowest BCUT2D eigenvalue weighted by molar-refractivity contribution is 0.183. The lowest BCUT2D eigenvalue weighted by Gasteiger charge is -2.27. The minimum absolute atomic E-state index is 0.318. The highest BCUT2D eigenvalue weighted by Gasteiger charge is 2.47. The Bertz CT molecular complexity index is 1260. The van der Waals surface area contributed by atoms with Crippen LogP contribution in [0.1, 0.15) is 36.7 Å². The van der Waals surface area contributed by atoms with E-state index in [2.05, 4.69) is 52.5 Å². The Morgan fingerprint density at radius 2 is 1.94 bits per heavy atom. The molecule has 0 aliphatic heterocycles. The zero-order valence-electron chi connectivity index (χ0n) is 19.2. The van der Waals surface area contributed by atoms with Crippen molar-refractivity contribution in [3.05, 3.63) is 65.9 Å². The van der Waals surface area contributed by atoms with Crippen molar-refractivity contribution in [1.29, 1.82) is 0 Å². The van der Waals surface area contributed by atoms with Crippen LogP contribution in [-0.2, 0) is 16.7 Å². The number of methoxy groups -OCH3 is 1. The molecule has 3 heterocycles. The predicted octanol–water partition coefficient (Wildman–Crippen LogP) is 4.25. The molecule has 5 rings (SSSR count). The Labute approximate surface area is 192 Å². The molecule has 2 N–H and O–H groups in total. The van der Waals surface area contributed by atoms with E-state index in [1.165, 1.54) is 5.56 Å². The van der Waals surface area contributed by atoms with Gasteiger partial charge in [0, 0.05) is 25.1 Å². The molecule has 170 valence electrons. The van der Waals surface area contributed by atoms with Gasteiger partial charge >= 0.3 is 0 Å². The Hall–Kier alpha value is -3.52. The van der Waals surface area contributed by atoms with E-state index in [1.807, 2.05) is 24.0 Å². The van der Waals surface area contributed by atoms with Gasteiger partial charge in [0.05, 0.1) is 30.3 Å². The molecule has 1 fully saturated rings. The molecular weight excluding hydrogens is 416 g/mol. The van der Waals surface area contributed by atoms with Gasteiger partial charge in [-0.25, -0.2) is 4.98 Å². The van der Waals surface area contributed by atoms with Gasteiger partial charge in [-0.15, -0.1) is 0 Å². The summed E-state index contributed by atoms with van der Waals surface area (Å²) in [5.74, 6) is 2.25. The van der Waals surface area contributed by atoms with Crippen molar-refractivity contribution in [1.82, 2.24) is 24.9 Å². The second-order valence-corrected chi connectivity index (χ2v) is 8.89.